The second-order valence-corrected chi connectivity index (χ2v) is 4.26. The monoisotopic (exact) mass is 260 g/mol. The van der Waals surface area contributed by atoms with Gasteiger partial charge in [0.15, 0.2) is 0 Å². The Balaban J connectivity index is 2.08. The normalized spacial score (nSPS) is 9.83. The Morgan fingerprint density at radius 1 is 1.17 bits per heavy atom. The van der Waals surface area contributed by atoms with Gasteiger partial charge in [0, 0.05) is 17.3 Å². The summed E-state index contributed by atoms with van der Waals surface area (Å²) in [6.45, 7) is 0.547. The molecule has 2 rings (SSSR count). The highest BCUT2D eigenvalue weighted by Gasteiger charge is 2.00. The molecule has 0 aromatic heterocycles. The Morgan fingerprint density at radius 2 is 1.89 bits per heavy atom. The van der Waals surface area contributed by atoms with Crippen LogP contribution in [-0.4, -0.2) is 0 Å². The third kappa shape index (κ3) is 3.22. The Labute approximate surface area is 110 Å². The lowest BCUT2D eigenvalue weighted by atomic mass is 10.2. The number of nitriles is 1. The lowest BCUT2D eigenvalue weighted by Crippen LogP contribution is -2.00. The van der Waals surface area contributed by atoms with E-state index in [2.05, 4.69) is 5.32 Å². The molecule has 0 aliphatic carbocycles. The van der Waals surface area contributed by atoms with Crippen molar-refractivity contribution in [3.63, 3.8) is 0 Å². The third-order valence-corrected chi connectivity index (χ3v) is 2.69. The summed E-state index contributed by atoms with van der Waals surface area (Å²) < 4.78 is 13.2. The van der Waals surface area contributed by atoms with Crippen LogP contribution in [0.1, 0.15) is 11.1 Å². The Morgan fingerprint density at radius 3 is 2.56 bits per heavy atom. The van der Waals surface area contributed by atoms with Gasteiger partial charge in [-0.1, -0.05) is 23.7 Å². The quantitative estimate of drug-likeness (QED) is 0.907. The van der Waals surface area contributed by atoms with Crippen LogP contribution in [-0.2, 0) is 6.54 Å². The number of rotatable bonds is 3. The van der Waals surface area contributed by atoms with E-state index in [4.69, 9.17) is 16.9 Å². The Bertz CT molecular complexity index is 588. The van der Waals surface area contributed by atoms with Gasteiger partial charge in [-0.3, -0.25) is 0 Å². The van der Waals surface area contributed by atoms with Gasteiger partial charge >= 0.3 is 0 Å². The van der Waals surface area contributed by atoms with Gasteiger partial charge in [0.05, 0.1) is 11.6 Å². The zero-order valence-corrected chi connectivity index (χ0v) is 10.2. The summed E-state index contributed by atoms with van der Waals surface area (Å²) in [4.78, 5) is 0. The van der Waals surface area contributed by atoms with Crippen LogP contribution >= 0.6 is 11.6 Å². The van der Waals surface area contributed by atoms with Crippen molar-refractivity contribution in [3.05, 3.63) is 64.4 Å². The number of nitrogens with zero attached hydrogens (tertiary/aromatic N) is 1. The number of nitrogens with one attached hydrogen (secondary N) is 1. The van der Waals surface area contributed by atoms with Gasteiger partial charge in [0.1, 0.15) is 5.82 Å². The third-order valence-electron chi connectivity index (χ3n) is 2.44. The van der Waals surface area contributed by atoms with E-state index in [1.165, 1.54) is 12.1 Å². The molecule has 0 spiro atoms. The lowest BCUT2D eigenvalue weighted by molar-refractivity contribution is 0.627. The topological polar surface area (TPSA) is 35.8 Å². The van der Waals surface area contributed by atoms with Crippen molar-refractivity contribution >= 4 is 17.3 Å². The molecule has 0 saturated heterocycles. The van der Waals surface area contributed by atoms with Crippen molar-refractivity contribution in [2.75, 3.05) is 5.32 Å². The Hall–Kier alpha value is -2.05. The molecule has 90 valence electrons. The lowest BCUT2D eigenvalue weighted by Gasteiger charge is -2.07. The van der Waals surface area contributed by atoms with Crippen molar-refractivity contribution in [1.82, 2.24) is 0 Å². The molecule has 0 aliphatic heterocycles. The molecule has 0 fully saturated rings. The number of hydrogen-bond donors (Lipinski definition) is 1. The summed E-state index contributed by atoms with van der Waals surface area (Å²) in [5, 5.41) is 12.5. The maximum Gasteiger partial charge on any atom is 0.126 e. The molecule has 0 bridgehead atoms. The van der Waals surface area contributed by atoms with E-state index in [-0.39, 0.29) is 0 Å². The predicted octanol–water partition coefficient (Wildman–Crippen LogP) is 3.96. The molecule has 2 nitrogen and oxygen atoms in total. The Kier molecular flexibility index (Phi) is 3.81. The van der Waals surface area contributed by atoms with Crippen LogP contribution in [0, 0.1) is 17.1 Å². The summed E-state index contributed by atoms with van der Waals surface area (Å²) in [6, 6.07) is 13.5. The number of anilines is 1. The van der Waals surface area contributed by atoms with Crippen molar-refractivity contribution in [3.8, 4) is 6.07 Å². The average molecular weight is 261 g/mol. The molecule has 2 aromatic rings. The average Bonchev–Trinajstić information content (AvgIpc) is 2.37. The molecule has 0 aliphatic rings. The van der Waals surface area contributed by atoms with Crippen LogP contribution in [0.25, 0.3) is 0 Å². The van der Waals surface area contributed by atoms with Gasteiger partial charge in [0.2, 0.25) is 0 Å². The molecule has 2 aromatic carbocycles. The first kappa shape index (κ1) is 12.4. The van der Waals surface area contributed by atoms with E-state index in [1.54, 1.807) is 18.2 Å². The largest absolute Gasteiger partial charge is 0.381 e. The fourth-order valence-corrected chi connectivity index (χ4v) is 1.69. The van der Waals surface area contributed by atoms with Gasteiger partial charge in [-0.2, -0.15) is 5.26 Å². The number of halogens is 2. The summed E-state index contributed by atoms with van der Waals surface area (Å²) in [5.74, 6) is -0.423. The van der Waals surface area contributed by atoms with Gasteiger partial charge < -0.3 is 5.32 Å². The molecule has 0 atom stereocenters. The maximum absolute atomic E-state index is 13.2. The highest BCUT2D eigenvalue weighted by atomic mass is 35.5. The SMILES string of the molecule is N#Cc1cc(F)cc(NCc2ccc(Cl)cc2)c1. The van der Waals surface area contributed by atoms with E-state index in [1.807, 2.05) is 18.2 Å². The molecule has 0 radical (unpaired) electrons. The summed E-state index contributed by atoms with van der Waals surface area (Å²) in [6.07, 6.45) is 0. The van der Waals surface area contributed by atoms with Gasteiger partial charge in [-0.15, -0.1) is 0 Å². The fourth-order valence-electron chi connectivity index (χ4n) is 1.56. The molecule has 4 heteroatoms. The number of benzene rings is 2. The zero-order chi connectivity index (χ0) is 13.0. The second-order valence-electron chi connectivity index (χ2n) is 3.82. The first-order valence-corrected chi connectivity index (χ1v) is 5.74. The summed E-state index contributed by atoms with van der Waals surface area (Å²) in [7, 11) is 0. The second kappa shape index (κ2) is 5.52. The molecular weight excluding hydrogens is 251 g/mol. The van der Waals surface area contributed by atoms with Gasteiger partial charge in [0.25, 0.3) is 0 Å². The minimum Gasteiger partial charge on any atom is -0.381 e. The molecule has 1 N–H and O–H groups in total. The van der Waals surface area contributed by atoms with E-state index >= 15 is 0 Å². The van der Waals surface area contributed by atoms with E-state index in [0.29, 0.717) is 22.8 Å². The minimum atomic E-state index is -0.423. The standard InChI is InChI=1S/C14H10ClFN2/c15-12-3-1-10(2-4-12)9-18-14-6-11(8-17)5-13(16)7-14/h1-7,18H,9H2. The van der Waals surface area contributed by atoms with Crippen LogP contribution in [0.3, 0.4) is 0 Å². The molecule has 0 saturated carbocycles. The van der Waals surface area contributed by atoms with Crippen molar-refractivity contribution in [1.29, 1.82) is 5.26 Å². The highest BCUT2D eigenvalue weighted by Crippen LogP contribution is 2.15. The smallest absolute Gasteiger partial charge is 0.126 e. The van der Waals surface area contributed by atoms with E-state index in [0.717, 1.165) is 5.56 Å². The van der Waals surface area contributed by atoms with Crippen molar-refractivity contribution < 1.29 is 4.39 Å². The minimum absolute atomic E-state index is 0.300. The van der Waals surface area contributed by atoms with Gasteiger partial charge in [-0.25, -0.2) is 4.39 Å². The number of hydrogen-bond acceptors (Lipinski definition) is 2. The van der Waals surface area contributed by atoms with E-state index < -0.39 is 5.82 Å². The van der Waals surface area contributed by atoms with Crippen LogP contribution in [0.15, 0.2) is 42.5 Å². The molecule has 0 heterocycles. The van der Waals surface area contributed by atoms with Crippen LogP contribution in [0.2, 0.25) is 5.02 Å². The fraction of sp³-hybridized carbons (Fsp3) is 0.0714. The molecule has 18 heavy (non-hydrogen) atoms. The highest BCUT2D eigenvalue weighted by molar-refractivity contribution is 6.30. The van der Waals surface area contributed by atoms with E-state index in [9.17, 15) is 4.39 Å². The van der Waals surface area contributed by atoms with Crippen LogP contribution in [0.5, 0.6) is 0 Å². The van der Waals surface area contributed by atoms with Crippen molar-refractivity contribution in [2.24, 2.45) is 0 Å². The first-order valence-electron chi connectivity index (χ1n) is 5.36. The molecule has 0 unspecified atom stereocenters. The van der Waals surface area contributed by atoms with Gasteiger partial charge in [-0.05, 0) is 35.9 Å². The first-order chi connectivity index (χ1) is 8.67. The predicted molar refractivity (Wildman–Crippen MR) is 69.9 cm³/mol. The summed E-state index contributed by atoms with van der Waals surface area (Å²) >= 11 is 5.78. The summed E-state index contributed by atoms with van der Waals surface area (Å²) in [5.41, 5.74) is 1.91. The van der Waals surface area contributed by atoms with Crippen LogP contribution in [0.4, 0.5) is 10.1 Å². The zero-order valence-electron chi connectivity index (χ0n) is 9.45. The maximum atomic E-state index is 13.2. The molecule has 0 amide bonds. The van der Waals surface area contributed by atoms with Crippen molar-refractivity contribution in [2.45, 2.75) is 6.54 Å². The van der Waals surface area contributed by atoms with Crippen LogP contribution < -0.4 is 5.32 Å². The molecular formula is C14H10ClFN2.